The normalized spacial score (nSPS) is 10.2. The molecule has 1 amide bonds. The van der Waals surface area contributed by atoms with Crippen LogP contribution in [0.1, 0.15) is 39.1 Å². The van der Waals surface area contributed by atoms with Crippen LogP contribution in [0.2, 0.25) is 0 Å². The first-order valence-electron chi connectivity index (χ1n) is 7.50. The Hall–Kier alpha value is -2.54. The Morgan fingerprint density at radius 3 is 2.58 bits per heavy atom. The maximum Gasteiger partial charge on any atom is 0.345 e. The van der Waals surface area contributed by atoms with Crippen LogP contribution >= 0.6 is 11.3 Å². The largest absolute Gasteiger partial charge is 0.497 e. The monoisotopic (exact) mass is 349 g/mol. The van der Waals surface area contributed by atoms with E-state index >= 15 is 0 Å². The van der Waals surface area contributed by atoms with Gasteiger partial charge in [-0.05, 0) is 30.7 Å². The lowest BCUT2D eigenvalue weighted by molar-refractivity contribution is 0.0702. The van der Waals surface area contributed by atoms with Crippen molar-refractivity contribution in [2.45, 2.75) is 19.8 Å². The van der Waals surface area contributed by atoms with Gasteiger partial charge in [0.25, 0.3) is 5.91 Å². The summed E-state index contributed by atoms with van der Waals surface area (Å²) in [6, 6.07) is 8.06. The first-order valence-corrected chi connectivity index (χ1v) is 8.32. The molecule has 0 saturated heterocycles. The Bertz CT molecular complexity index is 726. The van der Waals surface area contributed by atoms with Crippen molar-refractivity contribution in [1.82, 2.24) is 0 Å². The number of unbranched alkanes of at least 4 members (excludes halogenated alkanes) is 1. The second-order valence-corrected chi connectivity index (χ2v) is 6.07. The zero-order chi connectivity index (χ0) is 17.5. The minimum Gasteiger partial charge on any atom is -0.497 e. The van der Waals surface area contributed by atoms with Crippen LogP contribution < -0.4 is 14.8 Å². The molecule has 0 unspecified atom stereocenters. The van der Waals surface area contributed by atoms with Gasteiger partial charge in [0.1, 0.15) is 16.4 Å². The molecule has 0 aliphatic rings. The van der Waals surface area contributed by atoms with E-state index in [4.69, 9.17) is 14.6 Å². The highest BCUT2D eigenvalue weighted by atomic mass is 32.1. The number of carbonyl (C=O) groups is 2. The molecule has 0 fully saturated rings. The third-order valence-corrected chi connectivity index (χ3v) is 4.30. The van der Waals surface area contributed by atoms with Crippen molar-refractivity contribution in [1.29, 1.82) is 0 Å². The number of ether oxygens (including phenoxy) is 2. The number of rotatable bonds is 8. The second kappa shape index (κ2) is 8.35. The maximum absolute atomic E-state index is 12.3. The molecule has 0 bridgehead atoms. The highest BCUT2D eigenvalue weighted by Gasteiger charge is 2.15. The first kappa shape index (κ1) is 17.8. The highest BCUT2D eigenvalue weighted by molar-refractivity contribution is 7.15. The number of methoxy groups -OCH3 is 1. The summed E-state index contributed by atoms with van der Waals surface area (Å²) in [6.45, 7) is 2.62. The summed E-state index contributed by atoms with van der Waals surface area (Å²) >= 11 is 0.922. The smallest absolute Gasteiger partial charge is 0.345 e. The fraction of sp³-hybridized carbons (Fsp3) is 0.294. The molecule has 0 spiro atoms. The number of thiophene rings is 1. The van der Waals surface area contributed by atoms with Crippen LogP contribution in [0.3, 0.4) is 0 Å². The van der Waals surface area contributed by atoms with E-state index in [0.29, 0.717) is 28.7 Å². The fourth-order valence-corrected chi connectivity index (χ4v) is 2.68. The molecule has 0 saturated carbocycles. The SMILES string of the molecule is CCCCOc1ccc(OC)cc1NC(=O)c1ccc(C(=O)O)s1. The van der Waals surface area contributed by atoms with E-state index in [1.807, 2.05) is 0 Å². The van der Waals surface area contributed by atoms with Gasteiger partial charge in [0.05, 0.1) is 24.3 Å². The Labute approximate surface area is 144 Å². The second-order valence-electron chi connectivity index (χ2n) is 4.99. The number of nitrogens with one attached hydrogen (secondary N) is 1. The van der Waals surface area contributed by atoms with Crippen LogP contribution in [0.15, 0.2) is 30.3 Å². The van der Waals surface area contributed by atoms with Crippen LogP contribution in [-0.4, -0.2) is 30.7 Å². The van der Waals surface area contributed by atoms with Crippen molar-refractivity contribution in [2.75, 3.05) is 19.0 Å². The average Bonchev–Trinajstić information content (AvgIpc) is 3.06. The van der Waals surface area contributed by atoms with Gasteiger partial charge >= 0.3 is 5.97 Å². The number of amides is 1. The standard InChI is InChI=1S/C17H19NO5S/c1-3-4-9-23-13-6-5-11(22-2)10-12(13)18-16(19)14-7-8-15(24-14)17(20)21/h5-8,10H,3-4,9H2,1-2H3,(H,18,19)(H,20,21). The molecular weight excluding hydrogens is 330 g/mol. The van der Waals surface area contributed by atoms with Crippen LogP contribution in [0.4, 0.5) is 5.69 Å². The Morgan fingerprint density at radius 1 is 1.21 bits per heavy atom. The number of carbonyl (C=O) groups excluding carboxylic acids is 1. The van der Waals surface area contributed by atoms with Gasteiger partial charge in [-0.25, -0.2) is 4.79 Å². The zero-order valence-electron chi connectivity index (χ0n) is 13.5. The number of anilines is 1. The molecule has 24 heavy (non-hydrogen) atoms. The quantitative estimate of drug-likeness (QED) is 0.706. The van der Waals surface area contributed by atoms with Gasteiger partial charge in [0.15, 0.2) is 0 Å². The first-order chi connectivity index (χ1) is 11.5. The van der Waals surface area contributed by atoms with E-state index in [-0.39, 0.29) is 10.8 Å². The number of carboxylic acids is 1. The van der Waals surface area contributed by atoms with Crippen LogP contribution in [-0.2, 0) is 0 Å². The van der Waals surface area contributed by atoms with E-state index in [1.54, 1.807) is 18.2 Å². The Kier molecular flexibility index (Phi) is 6.20. The molecule has 0 aliphatic carbocycles. The molecule has 1 heterocycles. The van der Waals surface area contributed by atoms with Gasteiger partial charge in [0.2, 0.25) is 0 Å². The third-order valence-electron chi connectivity index (χ3n) is 3.23. The maximum atomic E-state index is 12.3. The molecule has 1 aromatic carbocycles. The molecule has 128 valence electrons. The van der Waals surface area contributed by atoms with Crippen molar-refractivity contribution in [3.63, 3.8) is 0 Å². The molecule has 2 N–H and O–H groups in total. The van der Waals surface area contributed by atoms with E-state index in [0.717, 1.165) is 24.2 Å². The third kappa shape index (κ3) is 4.48. The lowest BCUT2D eigenvalue weighted by Gasteiger charge is -2.13. The summed E-state index contributed by atoms with van der Waals surface area (Å²) in [7, 11) is 1.54. The fourth-order valence-electron chi connectivity index (χ4n) is 1.94. The average molecular weight is 349 g/mol. The summed E-state index contributed by atoms with van der Waals surface area (Å²) in [4.78, 5) is 23.7. The molecule has 2 rings (SSSR count). The number of hydrogen-bond acceptors (Lipinski definition) is 5. The van der Waals surface area contributed by atoms with Crippen LogP contribution in [0.5, 0.6) is 11.5 Å². The summed E-state index contributed by atoms with van der Waals surface area (Å²) in [5.41, 5.74) is 0.487. The molecule has 7 heteroatoms. The summed E-state index contributed by atoms with van der Waals surface area (Å²) in [5, 5.41) is 11.7. The molecule has 6 nitrogen and oxygen atoms in total. The number of carboxylic acid groups (broad SMARTS) is 1. The van der Waals surface area contributed by atoms with E-state index < -0.39 is 5.97 Å². The van der Waals surface area contributed by atoms with Crippen molar-refractivity contribution in [3.05, 3.63) is 40.1 Å². The van der Waals surface area contributed by atoms with E-state index in [2.05, 4.69) is 12.2 Å². The predicted molar refractivity (Wildman–Crippen MR) is 92.6 cm³/mol. The predicted octanol–water partition coefficient (Wildman–Crippen LogP) is 3.89. The van der Waals surface area contributed by atoms with Gasteiger partial charge < -0.3 is 19.9 Å². The summed E-state index contributed by atoms with van der Waals surface area (Å²) < 4.78 is 10.9. The highest BCUT2D eigenvalue weighted by Crippen LogP contribution is 2.30. The lowest BCUT2D eigenvalue weighted by Crippen LogP contribution is -2.12. The van der Waals surface area contributed by atoms with Gasteiger partial charge in [-0.2, -0.15) is 0 Å². The minimum atomic E-state index is -1.05. The van der Waals surface area contributed by atoms with Crippen molar-refractivity contribution in [2.24, 2.45) is 0 Å². The van der Waals surface area contributed by atoms with Crippen molar-refractivity contribution < 1.29 is 24.2 Å². The number of aromatic carboxylic acids is 1. The Balaban J connectivity index is 2.18. The van der Waals surface area contributed by atoms with Crippen molar-refractivity contribution in [3.8, 4) is 11.5 Å². The molecular formula is C17H19NO5S. The van der Waals surface area contributed by atoms with Crippen LogP contribution in [0.25, 0.3) is 0 Å². The van der Waals surface area contributed by atoms with E-state index in [9.17, 15) is 9.59 Å². The summed E-state index contributed by atoms with van der Waals surface area (Å²) in [5.74, 6) is -0.303. The number of benzene rings is 1. The topological polar surface area (TPSA) is 84.9 Å². The molecule has 0 radical (unpaired) electrons. The molecule has 0 aliphatic heterocycles. The van der Waals surface area contributed by atoms with Gasteiger partial charge in [0, 0.05) is 6.07 Å². The van der Waals surface area contributed by atoms with E-state index in [1.165, 1.54) is 19.2 Å². The van der Waals surface area contributed by atoms with Crippen LogP contribution in [0, 0.1) is 0 Å². The van der Waals surface area contributed by atoms with Gasteiger partial charge in [-0.15, -0.1) is 11.3 Å². The molecule has 2 aromatic rings. The Morgan fingerprint density at radius 2 is 1.96 bits per heavy atom. The number of hydrogen-bond donors (Lipinski definition) is 2. The van der Waals surface area contributed by atoms with Crippen molar-refractivity contribution >= 4 is 28.9 Å². The molecule has 1 aromatic heterocycles. The van der Waals surface area contributed by atoms with Gasteiger partial charge in [-0.1, -0.05) is 13.3 Å². The molecule has 0 atom stereocenters. The zero-order valence-corrected chi connectivity index (χ0v) is 14.3. The summed E-state index contributed by atoms with van der Waals surface area (Å²) in [6.07, 6.45) is 1.91. The lowest BCUT2D eigenvalue weighted by atomic mass is 10.2. The minimum absolute atomic E-state index is 0.116. The van der Waals surface area contributed by atoms with Gasteiger partial charge in [-0.3, -0.25) is 4.79 Å².